The van der Waals surface area contributed by atoms with Crippen molar-refractivity contribution in [2.75, 3.05) is 19.6 Å². The van der Waals surface area contributed by atoms with Crippen molar-refractivity contribution >= 4 is 0 Å². The van der Waals surface area contributed by atoms with E-state index in [9.17, 15) is 8.78 Å². The SMILES string of the molecule is FC(F)Oc1cccc(CN2CCNCC2c2cccnc2)c1. The summed E-state index contributed by atoms with van der Waals surface area (Å²) in [6.45, 7) is 0.525. The van der Waals surface area contributed by atoms with Gasteiger partial charge in [0.25, 0.3) is 0 Å². The van der Waals surface area contributed by atoms with Crippen molar-refractivity contribution in [1.82, 2.24) is 15.2 Å². The Morgan fingerprint density at radius 3 is 3.00 bits per heavy atom. The first-order valence-corrected chi connectivity index (χ1v) is 7.61. The van der Waals surface area contributed by atoms with E-state index in [-0.39, 0.29) is 11.8 Å². The van der Waals surface area contributed by atoms with Crippen molar-refractivity contribution in [3.05, 3.63) is 59.9 Å². The number of aromatic nitrogens is 1. The normalized spacial score (nSPS) is 19.0. The second kappa shape index (κ2) is 7.48. The number of halogens is 2. The molecule has 122 valence electrons. The summed E-state index contributed by atoms with van der Waals surface area (Å²) in [7, 11) is 0. The van der Waals surface area contributed by atoms with E-state index < -0.39 is 6.61 Å². The monoisotopic (exact) mass is 319 g/mol. The van der Waals surface area contributed by atoms with Crippen LogP contribution in [0.5, 0.6) is 5.75 Å². The maximum absolute atomic E-state index is 12.3. The highest BCUT2D eigenvalue weighted by atomic mass is 19.3. The maximum atomic E-state index is 12.3. The van der Waals surface area contributed by atoms with Crippen molar-refractivity contribution in [3.8, 4) is 5.75 Å². The van der Waals surface area contributed by atoms with Crippen LogP contribution in [-0.4, -0.2) is 36.1 Å². The summed E-state index contributed by atoms with van der Waals surface area (Å²) in [6.07, 6.45) is 3.64. The van der Waals surface area contributed by atoms with Crippen molar-refractivity contribution in [2.45, 2.75) is 19.2 Å². The van der Waals surface area contributed by atoms with E-state index in [1.807, 2.05) is 18.3 Å². The van der Waals surface area contributed by atoms with Crippen molar-refractivity contribution in [1.29, 1.82) is 0 Å². The van der Waals surface area contributed by atoms with Gasteiger partial charge in [-0.15, -0.1) is 0 Å². The summed E-state index contributed by atoms with van der Waals surface area (Å²) in [5.41, 5.74) is 2.11. The van der Waals surface area contributed by atoms with Crippen molar-refractivity contribution in [2.24, 2.45) is 0 Å². The van der Waals surface area contributed by atoms with Gasteiger partial charge in [0.05, 0.1) is 0 Å². The Labute approximate surface area is 134 Å². The zero-order valence-electron chi connectivity index (χ0n) is 12.7. The summed E-state index contributed by atoms with van der Waals surface area (Å²) in [5, 5.41) is 3.39. The highest BCUT2D eigenvalue weighted by Gasteiger charge is 2.24. The van der Waals surface area contributed by atoms with Gasteiger partial charge in [-0.05, 0) is 29.3 Å². The number of nitrogens with one attached hydrogen (secondary N) is 1. The predicted octanol–water partition coefficient (Wildman–Crippen LogP) is 2.83. The minimum absolute atomic E-state index is 0.200. The van der Waals surface area contributed by atoms with Gasteiger partial charge >= 0.3 is 6.61 Å². The van der Waals surface area contributed by atoms with Crippen LogP contribution in [0.1, 0.15) is 17.2 Å². The number of pyridine rings is 1. The molecule has 0 amide bonds. The van der Waals surface area contributed by atoms with E-state index in [1.54, 1.807) is 24.4 Å². The molecule has 3 rings (SSSR count). The lowest BCUT2D eigenvalue weighted by Gasteiger charge is -2.36. The van der Waals surface area contributed by atoms with E-state index in [2.05, 4.69) is 26.0 Å². The molecule has 6 heteroatoms. The van der Waals surface area contributed by atoms with E-state index in [1.165, 1.54) is 0 Å². The quantitative estimate of drug-likeness (QED) is 0.919. The zero-order valence-corrected chi connectivity index (χ0v) is 12.7. The fourth-order valence-electron chi connectivity index (χ4n) is 2.89. The minimum Gasteiger partial charge on any atom is -0.435 e. The molecule has 1 N–H and O–H groups in total. The Kier molecular flexibility index (Phi) is 5.15. The molecule has 0 aliphatic carbocycles. The number of hydrogen-bond acceptors (Lipinski definition) is 4. The van der Waals surface area contributed by atoms with Gasteiger partial charge in [0, 0.05) is 44.6 Å². The summed E-state index contributed by atoms with van der Waals surface area (Å²) >= 11 is 0. The first-order valence-electron chi connectivity index (χ1n) is 7.61. The van der Waals surface area contributed by atoms with Crippen molar-refractivity contribution in [3.63, 3.8) is 0 Å². The molecule has 1 atom stereocenters. The molecule has 0 saturated carbocycles. The molecule has 2 aromatic rings. The van der Waals surface area contributed by atoms with Gasteiger partial charge in [-0.25, -0.2) is 0 Å². The lowest BCUT2D eigenvalue weighted by Crippen LogP contribution is -2.45. The Morgan fingerprint density at radius 1 is 1.30 bits per heavy atom. The molecule has 0 spiro atoms. The van der Waals surface area contributed by atoms with Crippen LogP contribution < -0.4 is 10.1 Å². The lowest BCUT2D eigenvalue weighted by molar-refractivity contribution is -0.0499. The molecule has 1 unspecified atom stereocenters. The molecular weight excluding hydrogens is 300 g/mol. The summed E-state index contributed by atoms with van der Waals surface area (Å²) in [6, 6.07) is 11.1. The fraction of sp³-hybridized carbons (Fsp3) is 0.353. The minimum atomic E-state index is -2.80. The first kappa shape index (κ1) is 15.8. The second-order valence-electron chi connectivity index (χ2n) is 5.50. The molecule has 0 bridgehead atoms. The van der Waals surface area contributed by atoms with Gasteiger partial charge in [0.15, 0.2) is 0 Å². The van der Waals surface area contributed by atoms with Gasteiger partial charge in [-0.1, -0.05) is 18.2 Å². The number of ether oxygens (including phenoxy) is 1. The molecule has 0 radical (unpaired) electrons. The standard InChI is InChI=1S/C17H19F2N3O/c18-17(19)23-15-5-1-3-13(9-15)12-22-8-7-21-11-16(22)14-4-2-6-20-10-14/h1-6,9-10,16-17,21H,7-8,11-12H2. The molecule has 4 nitrogen and oxygen atoms in total. The topological polar surface area (TPSA) is 37.4 Å². The van der Waals surface area contributed by atoms with Crippen LogP contribution in [0.25, 0.3) is 0 Å². The molecule has 1 aromatic heterocycles. The highest BCUT2D eigenvalue weighted by molar-refractivity contribution is 5.29. The van der Waals surface area contributed by atoms with Gasteiger partial charge < -0.3 is 10.1 Å². The van der Waals surface area contributed by atoms with Crippen molar-refractivity contribution < 1.29 is 13.5 Å². The number of piperazine rings is 1. The second-order valence-corrected chi connectivity index (χ2v) is 5.50. The largest absolute Gasteiger partial charge is 0.435 e. The summed E-state index contributed by atoms with van der Waals surface area (Å²) in [4.78, 5) is 6.52. The Morgan fingerprint density at radius 2 is 2.22 bits per heavy atom. The number of alkyl halides is 2. The molecule has 1 aromatic carbocycles. The van der Waals surface area contributed by atoms with E-state index in [0.717, 1.165) is 30.8 Å². The van der Waals surface area contributed by atoms with Gasteiger partial charge in [0.2, 0.25) is 0 Å². The van der Waals surface area contributed by atoms with Crippen LogP contribution in [-0.2, 0) is 6.54 Å². The number of rotatable bonds is 5. The van der Waals surface area contributed by atoms with Gasteiger partial charge in [-0.2, -0.15) is 8.78 Å². The fourth-order valence-corrected chi connectivity index (χ4v) is 2.89. The van der Waals surface area contributed by atoms with Crippen LogP contribution in [0.4, 0.5) is 8.78 Å². The molecule has 23 heavy (non-hydrogen) atoms. The van der Waals surface area contributed by atoms with E-state index in [4.69, 9.17) is 0 Å². The molecule has 1 aliphatic rings. The average molecular weight is 319 g/mol. The summed E-state index contributed by atoms with van der Waals surface area (Å²) < 4.78 is 29.2. The Balaban J connectivity index is 1.74. The van der Waals surface area contributed by atoms with Gasteiger partial charge in [-0.3, -0.25) is 9.88 Å². The number of hydrogen-bond donors (Lipinski definition) is 1. The van der Waals surface area contributed by atoms with Crippen LogP contribution in [0, 0.1) is 0 Å². The molecule has 2 heterocycles. The Hall–Kier alpha value is -2.05. The smallest absolute Gasteiger partial charge is 0.387 e. The number of nitrogens with zero attached hydrogens (tertiary/aromatic N) is 2. The predicted molar refractivity (Wildman–Crippen MR) is 83.3 cm³/mol. The van der Waals surface area contributed by atoms with Crippen LogP contribution >= 0.6 is 0 Å². The third-order valence-corrected chi connectivity index (χ3v) is 3.93. The molecule has 1 fully saturated rings. The first-order chi connectivity index (χ1) is 11.2. The average Bonchev–Trinajstić information content (AvgIpc) is 2.56. The molecule has 1 aliphatic heterocycles. The van der Waals surface area contributed by atoms with E-state index >= 15 is 0 Å². The third kappa shape index (κ3) is 4.24. The maximum Gasteiger partial charge on any atom is 0.387 e. The molecule has 1 saturated heterocycles. The van der Waals surface area contributed by atoms with Crippen LogP contribution in [0.3, 0.4) is 0 Å². The third-order valence-electron chi connectivity index (χ3n) is 3.93. The van der Waals surface area contributed by atoms with Gasteiger partial charge in [0.1, 0.15) is 5.75 Å². The van der Waals surface area contributed by atoms with E-state index in [0.29, 0.717) is 6.54 Å². The zero-order chi connectivity index (χ0) is 16.1. The Bertz CT molecular complexity index is 624. The highest BCUT2D eigenvalue weighted by Crippen LogP contribution is 2.25. The summed E-state index contributed by atoms with van der Waals surface area (Å²) in [5.74, 6) is 0.200. The van der Waals surface area contributed by atoms with Crippen LogP contribution in [0.2, 0.25) is 0 Å². The van der Waals surface area contributed by atoms with Crippen LogP contribution in [0.15, 0.2) is 48.8 Å². The number of benzene rings is 1. The lowest BCUT2D eigenvalue weighted by atomic mass is 10.0. The molecular formula is C17H19F2N3O.